The highest BCUT2D eigenvalue weighted by Crippen LogP contribution is 2.37. The molecule has 0 aliphatic heterocycles. The fourth-order valence-electron chi connectivity index (χ4n) is 4.25. The number of H-pyrrole nitrogens is 1. The number of nitrogens with one attached hydrogen (secondary N) is 1. The minimum absolute atomic E-state index is 0.744. The van der Waals surface area contributed by atoms with E-state index in [1.807, 2.05) is 35.1 Å². The number of hydrogen-bond acceptors (Lipinski definition) is 4. The first-order valence-electron chi connectivity index (χ1n) is 11.2. The highest BCUT2D eigenvalue weighted by atomic mass is 15.3. The van der Waals surface area contributed by atoms with Crippen molar-refractivity contribution in [2.45, 2.75) is 20.0 Å². The topological polar surface area (TPSA) is 75.8 Å². The average molecular weight is 437 g/mol. The molecular formula is C27H28N6. The highest BCUT2D eigenvalue weighted by Gasteiger charge is 2.17. The van der Waals surface area contributed by atoms with Crippen LogP contribution in [-0.4, -0.2) is 38.7 Å². The summed E-state index contributed by atoms with van der Waals surface area (Å²) in [6.45, 7) is 3.80. The van der Waals surface area contributed by atoms with E-state index < -0.39 is 0 Å². The van der Waals surface area contributed by atoms with Crippen molar-refractivity contribution in [1.29, 1.82) is 0 Å². The SMILES string of the molecule is CCn1cc(-c2ccnc3[nH]c(-c4cccc(CN(C)C)c4)cc23)c(-c2ccc(N)cc2)n1. The Hall–Kier alpha value is -3.90. The summed E-state index contributed by atoms with van der Waals surface area (Å²) in [6.07, 6.45) is 3.97. The van der Waals surface area contributed by atoms with Crippen LogP contribution in [0.2, 0.25) is 0 Å². The van der Waals surface area contributed by atoms with Crippen LogP contribution in [0.15, 0.2) is 73.1 Å². The summed E-state index contributed by atoms with van der Waals surface area (Å²) >= 11 is 0. The maximum Gasteiger partial charge on any atom is 0.138 e. The Balaban J connectivity index is 1.63. The molecule has 0 amide bonds. The first-order valence-corrected chi connectivity index (χ1v) is 11.2. The van der Waals surface area contributed by atoms with Crippen LogP contribution < -0.4 is 5.73 Å². The van der Waals surface area contributed by atoms with Crippen molar-refractivity contribution >= 4 is 16.7 Å². The molecule has 3 aromatic heterocycles. The van der Waals surface area contributed by atoms with Crippen LogP contribution in [0.3, 0.4) is 0 Å². The lowest BCUT2D eigenvalue weighted by Crippen LogP contribution is -2.10. The van der Waals surface area contributed by atoms with E-state index in [-0.39, 0.29) is 0 Å². The van der Waals surface area contributed by atoms with E-state index >= 15 is 0 Å². The van der Waals surface area contributed by atoms with E-state index in [1.54, 1.807) is 0 Å². The number of nitrogens with zero attached hydrogens (tertiary/aromatic N) is 4. The molecule has 0 fully saturated rings. The molecule has 5 rings (SSSR count). The Kier molecular flexibility index (Phi) is 5.44. The van der Waals surface area contributed by atoms with Gasteiger partial charge >= 0.3 is 0 Å². The summed E-state index contributed by atoms with van der Waals surface area (Å²) in [5.74, 6) is 0. The Morgan fingerprint density at radius 3 is 2.55 bits per heavy atom. The fraction of sp³-hybridized carbons (Fsp3) is 0.185. The van der Waals surface area contributed by atoms with Crippen LogP contribution in [0.25, 0.3) is 44.7 Å². The molecule has 0 unspecified atom stereocenters. The largest absolute Gasteiger partial charge is 0.399 e. The average Bonchev–Trinajstić information content (AvgIpc) is 3.44. The monoisotopic (exact) mass is 436 g/mol. The van der Waals surface area contributed by atoms with Crippen LogP contribution >= 0.6 is 0 Å². The van der Waals surface area contributed by atoms with E-state index in [0.717, 1.165) is 63.5 Å². The third-order valence-electron chi connectivity index (χ3n) is 5.83. The number of benzene rings is 2. The minimum Gasteiger partial charge on any atom is -0.399 e. The van der Waals surface area contributed by atoms with Gasteiger partial charge in [-0.1, -0.05) is 30.3 Å². The number of nitrogen functional groups attached to an aromatic ring is 1. The first kappa shape index (κ1) is 21.0. The molecule has 2 aromatic carbocycles. The number of rotatable bonds is 6. The number of nitrogens with two attached hydrogens (primary N) is 1. The van der Waals surface area contributed by atoms with Crippen molar-refractivity contribution in [1.82, 2.24) is 24.6 Å². The Morgan fingerprint density at radius 2 is 1.79 bits per heavy atom. The molecule has 3 N–H and O–H groups in total. The van der Waals surface area contributed by atoms with Crippen LogP contribution in [0, 0.1) is 0 Å². The molecule has 166 valence electrons. The number of aromatic amines is 1. The van der Waals surface area contributed by atoms with Crippen molar-refractivity contribution in [2.24, 2.45) is 0 Å². The molecule has 3 heterocycles. The summed E-state index contributed by atoms with van der Waals surface area (Å²) in [7, 11) is 4.17. The second kappa shape index (κ2) is 8.56. The molecule has 0 radical (unpaired) electrons. The van der Waals surface area contributed by atoms with Crippen molar-refractivity contribution in [2.75, 3.05) is 19.8 Å². The number of aromatic nitrogens is 4. The molecule has 0 aliphatic rings. The molecule has 0 saturated carbocycles. The molecule has 6 nitrogen and oxygen atoms in total. The summed E-state index contributed by atoms with van der Waals surface area (Å²) < 4.78 is 1.98. The van der Waals surface area contributed by atoms with Crippen LogP contribution in [0.1, 0.15) is 12.5 Å². The maximum atomic E-state index is 5.91. The zero-order valence-electron chi connectivity index (χ0n) is 19.2. The molecule has 0 bridgehead atoms. The maximum absolute atomic E-state index is 5.91. The number of hydrogen-bond donors (Lipinski definition) is 2. The van der Waals surface area contributed by atoms with Gasteiger partial charge in [-0.05, 0) is 68.0 Å². The Labute approximate surface area is 193 Å². The predicted octanol–water partition coefficient (Wildman–Crippen LogP) is 5.42. The lowest BCUT2D eigenvalue weighted by Gasteiger charge is -2.10. The predicted molar refractivity (Wildman–Crippen MR) is 136 cm³/mol. The summed E-state index contributed by atoms with van der Waals surface area (Å²) in [4.78, 5) is 10.3. The molecule has 6 heteroatoms. The third-order valence-corrected chi connectivity index (χ3v) is 5.83. The van der Waals surface area contributed by atoms with Gasteiger partial charge in [0.15, 0.2) is 0 Å². The molecule has 0 aliphatic carbocycles. The Morgan fingerprint density at radius 1 is 0.970 bits per heavy atom. The van der Waals surface area contributed by atoms with Gasteiger partial charge in [-0.15, -0.1) is 0 Å². The third kappa shape index (κ3) is 4.13. The Bertz CT molecular complexity index is 1410. The first-order chi connectivity index (χ1) is 16.0. The van der Waals surface area contributed by atoms with Crippen molar-refractivity contribution in [3.8, 4) is 33.6 Å². The van der Waals surface area contributed by atoms with Gasteiger partial charge < -0.3 is 15.6 Å². The summed E-state index contributed by atoms with van der Waals surface area (Å²) in [6, 6.07) is 20.8. The highest BCUT2D eigenvalue weighted by molar-refractivity contribution is 5.99. The molecule has 0 atom stereocenters. The van der Waals surface area contributed by atoms with Gasteiger partial charge in [0.05, 0.1) is 0 Å². The molecule has 5 aromatic rings. The van der Waals surface area contributed by atoms with Gasteiger partial charge in [0, 0.05) is 53.4 Å². The number of fused-ring (bicyclic) bond motifs is 1. The number of pyridine rings is 1. The smallest absolute Gasteiger partial charge is 0.138 e. The number of anilines is 1. The second-order valence-electron chi connectivity index (χ2n) is 8.61. The molecular weight excluding hydrogens is 408 g/mol. The second-order valence-corrected chi connectivity index (χ2v) is 8.61. The molecule has 33 heavy (non-hydrogen) atoms. The van der Waals surface area contributed by atoms with Crippen LogP contribution in [0.4, 0.5) is 5.69 Å². The zero-order chi connectivity index (χ0) is 22.9. The normalized spacial score (nSPS) is 11.5. The minimum atomic E-state index is 0.744. The van der Waals surface area contributed by atoms with Gasteiger partial charge in [-0.2, -0.15) is 5.10 Å². The van der Waals surface area contributed by atoms with Gasteiger partial charge in [0.1, 0.15) is 11.3 Å². The standard InChI is InChI=1S/C27H28N6/c1-4-33-17-24(26(31-33)19-8-10-21(28)11-9-19)22-12-13-29-27-23(22)15-25(30-27)20-7-5-6-18(14-20)16-32(2)3/h5-15,17H,4,16,28H2,1-3H3,(H,29,30). The van der Waals surface area contributed by atoms with Crippen molar-refractivity contribution < 1.29 is 0 Å². The van der Waals surface area contributed by atoms with Gasteiger partial charge in [0.2, 0.25) is 0 Å². The van der Waals surface area contributed by atoms with E-state index in [0.29, 0.717) is 0 Å². The number of aryl methyl sites for hydroxylation is 1. The summed E-state index contributed by atoms with van der Waals surface area (Å²) in [5, 5.41) is 5.94. The van der Waals surface area contributed by atoms with E-state index in [2.05, 4.69) is 78.5 Å². The van der Waals surface area contributed by atoms with Gasteiger partial charge in [0.25, 0.3) is 0 Å². The van der Waals surface area contributed by atoms with Gasteiger partial charge in [-0.3, -0.25) is 4.68 Å². The van der Waals surface area contributed by atoms with Crippen molar-refractivity contribution in [3.05, 3.63) is 78.6 Å². The van der Waals surface area contributed by atoms with E-state index in [9.17, 15) is 0 Å². The van der Waals surface area contributed by atoms with Gasteiger partial charge in [-0.25, -0.2) is 4.98 Å². The van der Waals surface area contributed by atoms with Crippen molar-refractivity contribution in [3.63, 3.8) is 0 Å². The zero-order valence-corrected chi connectivity index (χ0v) is 19.2. The summed E-state index contributed by atoms with van der Waals surface area (Å²) in [5.41, 5.74) is 15.2. The molecule has 0 saturated heterocycles. The lowest BCUT2D eigenvalue weighted by molar-refractivity contribution is 0.402. The fourth-order valence-corrected chi connectivity index (χ4v) is 4.25. The van der Waals surface area contributed by atoms with Crippen LogP contribution in [-0.2, 0) is 13.1 Å². The molecule has 0 spiro atoms. The lowest BCUT2D eigenvalue weighted by atomic mass is 10.00. The van der Waals surface area contributed by atoms with E-state index in [1.165, 1.54) is 5.56 Å². The van der Waals surface area contributed by atoms with E-state index in [4.69, 9.17) is 10.8 Å². The quantitative estimate of drug-likeness (QED) is 0.348. The van der Waals surface area contributed by atoms with Crippen LogP contribution in [0.5, 0.6) is 0 Å².